The maximum atomic E-state index is 12.6. The van der Waals surface area contributed by atoms with Crippen molar-refractivity contribution in [1.29, 1.82) is 0 Å². The largest absolute Gasteiger partial charge is 0.336 e. The fourth-order valence-electron chi connectivity index (χ4n) is 3.56. The van der Waals surface area contributed by atoms with Gasteiger partial charge in [0.15, 0.2) is 9.84 Å². The normalized spacial score (nSPS) is 25.9. The molecule has 1 saturated heterocycles. The third-order valence-corrected chi connectivity index (χ3v) is 6.65. The van der Waals surface area contributed by atoms with Crippen molar-refractivity contribution < 1.29 is 13.2 Å². The first-order valence-corrected chi connectivity index (χ1v) is 10.5. The number of carbonyl (C=O) groups excluding carboxylic acids is 1. The Morgan fingerprint density at radius 1 is 1.05 bits per heavy atom. The van der Waals surface area contributed by atoms with Crippen LogP contribution in [0.25, 0.3) is 0 Å². The number of hydrogen-bond acceptors (Lipinski definition) is 3. The van der Waals surface area contributed by atoms with Gasteiger partial charge in [0.25, 0.3) is 0 Å². The van der Waals surface area contributed by atoms with Gasteiger partial charge in [-0.25, -0.2) is 8.42 Å². The molecule has 1 amide bonds. The summed E-state index contributed by atoms with van der Waals surface area (Å²) in [6.07, 6.45) is 8.33. The predicted molar refractivity (Wildman–Crippen MR) is 85.3 cm³/mol. The maximum absolute atomic E-state index is 12.6. The number of halogens is 1. The van der Waals surface area contributed by atoms with E-state index in [9.17, 15) is 13.2 Å². The van der Waals surface area contributed by atoms with Gasteiger partial charge < -0.3 is 4.90 Å². The number of unbranched alkanes of at least 4 members (excludes halogenated alkanes) is 1. The average molecular weight is 336 g/mol. The van der Waals surface area contributed by atoms with Crippen LogP contribution in [0.4, 0.5) is 0 Å². The molecular formula is C15H26ClNO3S. The molecule has 1 atom stereocenters. The van der Waals surface area contributed by atoms with Crippen molar-refractivity contribution in [2.45, 2.75) is 69.9 Å². The summed E-state index contributed by atoms with van der Waals surface area (Å²) in [5.41, 5.74) is 0. The van der Waals surface area contributed by atoms with Crippen LogP contribution in [0.1, 0.15) is 57.8 Å². The van der Waals surface area contributed by atoms with Gasteiger partial charge >= 0.3 is 0 Å². The van der Waals surface area contributed by atoms with Gasteiger partial charge in [-0.2, -0.15) is 0 Å². The van der Waals surface area contributed by atoms with Gasteiger partial charge in [-0.15, -0.1) is 11.6 Å². The molecule has 2 fully saturated rings. The third kappa shape index (κ3) is 4.85. The van der Waals surface area contributed by atoms with E-state index in [1.807, 2.05) is 4.90 Å². The Morgan fingerprint density at radius 3 is 2.33 bits per heavy atom. The summed E-state index contributed by atoms with van der Waals surface area (Å²) in [4.78, 5) is 14.5. The minimum absolute atomic E-state index is 0.0957. The molecule has 0 radical (unpaired) electrons. The molecule has 1 aliphatic carbocycles. The lowest BCUT2D eigenvalue weighted by Gasteiger charge is -2.38. The monoisotopic (exact) mass is 335 g/mol. The highest BCUT2D eigenvalue weighted by Gasteiger charge is 2.38. The van der Waals surface area contributed by atoms with E-state index in [1.54, 1.807) is 0 Å². The molecular weight excluding hydrogens is 310 g/mol. The van der Waals surface area contributed by atoms with Crippen molar-refractivity contribution in [1.82, 2.24) is 4.90 Å². The van der Waals surface area contributed by atoms with Crippen LogP contribution < -0.4 is 0 Å². The Labute approximate surface area is 133 Å². The lowest BCUT2D eigenvalue weighted by Crippen LogP contribution is -2.48. The second-order valence-electron chi connectivity index (χ2n) is 6.30. The van der Waals surface area contributed by atoms with Crippen molar-refractivity contribution in [3.05, 3.63) is 0 Å². The van der Waals surface area contributed by atoms with Crippen molar-refractivity contribution in [3.63, 3.8) is 0 Å². The summed E-state index contributed by atoms with van der Waals surface area (Å²) >= 11 is 5.67. The van der Waals surface area contributed by atoms with E-state index in [4.69, 9.17) is 11.6 Å². The van der Waals surface area contributed by atoms with Gasteiger partial charge in [0.05, 0.1) is 11.5 Å². The molecule has 1 heterocycles. The summed E-state index contributed by atoms with van der Waals surface area (Å²) in [5, 5.41) is 0. The van der Waals surface area contributed by atoms with E-state index in [1.165, 1.54) is 6.42 Å². The second-order valence-corrected chi connectivity index (χ2v) is 8.90. The minimum Gasteiger partial charge on any atom is -0.336 e. The van der Waals surface area contributed by atoms with E-state index < -0.39 is 9.84 Å². The van der Waals surface area contributed by atoms with Gasteiger partial charge in [0.2, 0.25) is 5.91 Å². The van der Waals surface area contributed by atoms with Gasteiger partial charge in [-0.1, -0.05) is 19.3 Å². The number of rotatable bonds is 6. The molecule has 0 bridgehead atoms. The van der Waals surface area contributed by atoms with Crippen molar-refractivity contribution in [2.75, 3.05) is 17.4 Å². The molecule has 0 aromatic rings. The lowest BCUT2D eigenvalue weighted by molar-refractivity contribution is -0.136. The first-order chi connectivity index (χ1) is 10.0. The molecule has 2 rings (SSSR count). The zero-order valence-corrected chi connectivity index (χ0v) is 14.2. The fraction of sp³-hybridized carbons (Fsp3) is 0.933. The van der Waals surface area contributed by atoms with Crippen LogP contribution in [-0.4, -0.2) is 48.7 Å². The van der Waals surface area contributed by atoms with Crippen LogP contribution in [0, 0.1) is 0 Å². The van der Waals surface area contributed by atoms with Crippen molar-refractivity contribution >= 4 is 27.3 Å². The van der Waals surface area contributed by atoms with E-state index >= 15 is 0 Å². The standard InChI is InChI=1S/C15H26ClNO3S/c16-10-5-4-8-15(18)17(13-6-2-1-3-7-13)14-9-11-21(19,20)12-14/h13-14H,1-12H2. The first kappa shape index (κ1) is 17.1. The Kier molecular flexibility index (Phi) is 6.35. The third-order valence-electron chi connectivity index (χ3n) is 4.63. The van der Waals surface area contributed by atoms with E-state index in [0.717, 1.165) is 38.5 Å². The molecule has 1 aliphatic heterocycles. The SMILES string of the molecule is O=C(CCCCCl)N(C1CCCCC1)C1CCS(=O)(=O)C1. The summed E-state index contributed by atoms with van der Waals surface area (Å²) in [7, 11) is -2.95. The average Bonchev–Trinajstić information content (AvgIpc) is 2.80. The van der Waals surface area contributed by atoms with Crippen LogP contribution in [0.5, 0.6) is 0 Å². The number of nitrogens with zero attached hydrogens (tertiary/aromatic N) is 1. The van der Waals surface area contributed by atoms with Gasteiger partial charge in [0, 0.05) is 24.4 Å². The van der Waals surface area contributed by atoms with Crippen molar-refractivity contribution in [3.8, 4) is 0 Å². The number of alkyl halides is 1. The number of hydrogen-bond donors (Lipinski definition) is 0. The Balaban J connectivity index is 2.04. The fourth-order valence-corrected chi connectivity index (χ4v) is 5.46. The molecule has 0 aromatic carbocycles. The molecule has 0 spiro atoms. The minimum atomic E-state index is -2.95. The van der Waals surface area contributed by atoms with Crippen LogP contribution in [-0.2, 0) is 14.6 Å². The smallest absolute Gasteiger partial charge is 0.223 e. The van der Waals surface area contributed by atoms with E-state index in [-0.39, 0.29) is 29.5 Å². The molecule has 122 valence electrons. The summed E-state index contributed by atoms with van der Waals surface area (Å²) in [6.45, 7) is 0. The molecule has 0 N–H and O–H groups in total. The molecule has 2 aliphatic rings. The first-order valence-electron chi connectivity index (χ1n) is 8.11. The highest BCUT2D eigenvalue weighted by atomic mass is 35.5. The molecule has 1 saturated carbocycles. The zero-order chi connectivity index (χ0) is 15.3. The van der Waals surface area contributed by atoms with Crippen LogP contribution in [0.15, 0.2) is 0 Å². The zero-order valence-electron chi connectivity index (χ0n) is 12.6. The number of sulfone groups is 1. The van der Waals surface area contributed by atoms with Crippen molar-refractivity contribution in [2.24, 2.45) is 0 Å². The lowest BCUT2D eigenvalue weighted by atomic mass is 9.92. The Bertz CT molecular complexity index is 446. The summed E-state index contributed by atoms with van der Waals surface area (Å²) in [5.74, 6) is 1.10. The highest BCUT2D eigenvalue weighted by Crippen LogP contribution is 2.29. The maximum Gasteiger partial charge on any atom is 0.223 e. The van der Waals surface area contributed by atoms with E-state index in [0.29, 0.717) is 18.7 Å². The Morgan fingerprint density at radius 2 is 1.76 bits per heavy atom. The van der Waals surface area contributed by atoms with Gasteiger partial charge in [-0.05, 0) is 32.1 Å². The summed E-state index contributed by atoms with van der Waals surface area (Å²) in [6, 6.07) is 0.155. The number of amides is 1. The van der Waals surface area contributed by atoms with Crippen LogP contribution in [0.3, 0.4) is 0 Å². The number of carbonyl (C=O) groups is 1. The van der Waals surface area contributed by atoms with Crippen LogP contribution in [0.2, 0.25) is 0 Å². The van der Waals surface area contributed by atoms with Gasteiger partial charge in [-0.3, -0.25) is 4.79 Å². The molecule has 0 aromatic heterocycles. The molecule has 6 heteroatoms. The second kappa shape index (κ2) is 7.82. The molecule has 21 heavy (non-hydrogen) atoms. The Hall–Kier alpha value is -0.290. The quantitative estimate of drug-likeness (QED) is 0.554. The topological polar surface area (TPSA) is 54.5 Å². The van der Waals surface area contributed by atoms with Crippen LogP contribution >= 0.6 is 11.6 Å². The highest BCUT2D eigenvalue weighted by molar-refractivity contribution is 7.91. The molecule has 1 unspecified atom stereocenters. The molecule has 4 nitrogen and oxygen atoms in total. The predicted octanol–water partition coefficient (Wildman–Crippen LogP) is 2.74. The van der Waals surface area contributed by atoms with Gasteiger partial charge in [0.1, 0.15) is 0 Å². The van der Waals surface area contributed by atoms with E-state index in [2.05, 4.69) is 0 Å². The summed E-state index contributed by atoms with van der Waals surface area (Å²) < 4.78 is 23.5.